The average molecular weight is 205 g/mol. The molecule has 4 heteroatoms. The number of aliphatic hydroxyl groups is 1. The van der Waals surface area contributed by atoms with E-state index >= 15 is 0 Å². The van der Waals surface area contributed by atoms with Crippen molar-refractivity contribution in [1.82, 2.24) is 4.98 Å². The van der Waals surface area contributed by atoms with E-state index in [0.29, 0.717) is 11.4 Å². The number of aromatic nitrogens is 1. The van der Waals surface area contributed by atoms with Gasteiger partial charge in [0.25, 0.3) is 0 Å². The molecule has 1 N–H and O–H groups in total. The highest BCUT2D eigenvalue weighted by atomic mass is 16.3. The summed E-state index contributed by atoms with van der Waals surface area (Å²) in [5.74, 6) is 0.794. The van der Waals surface area contributed by atoms with Crippen molar-refractivity contribution in [3.8, 4) is 6.07 Å². The monoisotopic (exact) mass is 205 g/mol. The Kier molecular flexibility index (Phi) is 3.64. The second kappa shape index (κ2) is 4.76. The molecule has 1 rings (SSSR count). The van der Waals surface area contributed by atoms with E-state index in [2.05, 4.69) is 4.98 Å². The van der Waals surface area contributed by atoms with Crippen molar-refractivity contribution in [3.63, 3.8) is 0 Å². The molecule has 15 heavy (non-hydrogen) atoms. The molecule has 1 atom stereocenters. The Morgan fingerprint density at radius 3 is 2.53 bits per heavy atom. The van der Waals surface area contributed by atoms with Gasteiger partial charge in [0.1, 0.15) is 18.1 Å². The van der Waals surface area contributed by atoms with Crippen LogP contribution < -0.4 is 4.90 Å². The van der Waals surface area contributed by atoms with Crippen LogP contribution in [0.1, 0.15) is 19.4 Å². The van der Waals surface area contributed by atoms with Gasteiger partial charge < -0.3 is 10.0 Å². The molecule has 0 saturated carbocycles. The lowest BCUT2D eigenvalue weighted by Crippen LogP contribution is -2.36. The molecule has 1 aromatic heterocycles. The number of nitriles is 1. The van der Waals surface area contributed by atoms with Gasteiger partial charge >= 0.3 is 0 Å². The maximum absolute atomic E-state index is 9.80. The van der Waals surface area contributed by atoms with Crippen LogP contribution in [0.4, 0.5) is 5.82 Å². The predicted octanol–water partition coefficient (Wildman–Crippen LogP) is 1.36. The SMILES string of the molecule is CC(C)C(O)N(C)c1ccc(C#N)cn1. The lowest BCUT2D eigenvalue weighted by Gasteiger charge is -2.27. The second-order valence-corrected chi connectivity index (χ2v) is 3.79. The number of nitrogens with zero attached hydrogens (tertiary/aromatic N) is 3. The number of anilines is 1. The summed E-state index contributed by atoms with van der Waals surface area (Å²) in [5.41, 5.74) is 0.520. The number of hydrogen-bond acceptors (Lipinski definition) is 4. The Balaban J connectivity index is 2.83. The van der Waals surface area contributed by atoms with Crippen LogP contribution in [-0.4, -0.2) is 23.4 Å². The fourth-order valence-electron chi connectivity index (χ4n) is 1.24. The summed E-state index contributed by atoms with van der Waals surface area (Å²) in [4.78, 5) is 5.78. The molecule has 4 nitrogen and oxygen atoms in total. The van der Waals surface area contributed by atoms with Gasteiger partial charge in [-0.2, -0.15) is 5.26 Å². The second-order valence-electron chi connectivity index (χ2n) is 3.79. The van der Waals surface area contributed by atoms with E-state index in [1.54, 1.807) is 24.1 Å². The number of pyridine rings is 1. The molecule has 0 aliphatic rings. The van der Waals surface area contributed by atoms with Crippen LogP contribution in [0.2, 0.25) is 0 Å². The van der Waals surface area contributed by atoms with E-state index < -0.39 is 6.23 Å². The summed E-state index contributed by atoms with van der Waals surface area (Å²) in [6.45, 7) is 3.87. The number of aliphatic hydroxyl groups excluding tert-OH is 1. The highest BCUT2D eigenvalue weighted by Crippen LogP contribution is 2.15. The average Bonchev–Trinajstić information content (AvgIpc) is 2.27. The molecule has 1 heterocycles. The van der Waals surface area contributed by atoms with E-state index in [0.717, 1.165) is 0 Å². The van der Waals surface area contributed by atoms with E-state index in [-0.39, 0.29) is 5.92 Å². The zero-order valence-corrected chi connectivity index (χ0v) is 9.18. The van der Waals surface area contributed by atoms with Crippen LogP contribution in [0.25, 0.3) is 0 Å². The van der Waals surface area contributed by atoms with Crippen molar-refractivity contribution in [2.75, 3.05) is 11.9 Å². The first-order valence-electron chi connectivity index (χ1n) is 4.83. The Hall–Kier alpha value is -1.60. The van der Waals surface area contributed by atoms with Crippen molar-refractivity contribution in [2.45, 2.75) is 20.1 Å². The van der Waals surface area contributed by atoms with Gasteiger partial charge in [-0.15, -0.1) is 0 Å². The normalized spacial score (nSPS) is 12.3. The van der Waals surface area contributed by atoms with Crippen molar-refractivity contribution < 1.29 is 5.11 Å². The third kappa shape index (κ3) is 2.67. The van der Waals surface area contributed by atoms with Gasteiger partial charge in [0.05, 0.1) is 5.56 Å². The molecule has 0 aromatic carbocycles. The molecule has 80 valence electrons. The fourth-order valence-corrected chi connectivity index (χ4v) is 1.24. The molecule has 0 bridgehead atoms. The number of hydrogen-bond donors (Lipinski definition) is 1. The maximum Gasteiger partial charge on any atom is 0.130 e. The van der Waals surface area contributed by atoms with Gasteiger partial charge in [-0.05, 0) is 18.1 Å². The summed E-state index contributed by atoms with van der Waals surface area (Å²) in [5, 5.41) is 18.4. The molecule has 0 radical (unpaired) electrons. The van der Waals surface area contributed by atoms with Crippen molar-refractivity contribution in [3.05, 3.63) is 23.9 Å². The van der Waals surface area contributed by atoms with E-state index in [1.807, 2.05) is 19.9 Å². The van der Waals surface area contributed by atoms with Crippen molar-refractivity contribution in [1.29, 1.82) is 5.26 Å². The molecule has 1 aromatic rings. The molecule has 0 saturated heterocycles. The van der Waals surface area contributed by atoms with Crippen LogP contribution in [0.15, 0.2) is 18.3 Å². The minimum atomic E-state index is -0.564. The molecule has 0 amide bonds. The van der Waals surface area contributed by atoms with E-state index in [9.17, 15) is 5.11 Å². The van der Waals surface area contributed by atoms with E-state index in [1.165, 1.54) is 6.20 Å². The van der Waals surface area contributed by atoms with Gasteiger partial charge in [-0.3, -0.25) is 0 Å². The van der Waals surface area contributed by atoms with Crippen molar-refractivity contribution in [2.24, 2.45) is 5.92 Å². The van der Waals surface area contributed by atoms with Gasteiger partial charge in [-0.25, -0.2) is 4.98 Å². The Morgan fingerprint density at radius 2 is 2.13 bits per heavy atom. The Morgan fingerprint density at radius 1 is 1.47 bits per heavy atom. The lowest BCUT2D eigenvalue weighted by molar-refractivity contribution is 0.125. The number of rotatable bonds is 3. The zero-order valence-electron chi connectivity index (χ0n) is 9.18. The van der Waals surface area contributed by atoms with Crippen LogP contribution in [0.5, 0.6) is 0 Å². The van der Waals surface area contributed by atoms with Gasteiger partial charge in [0.2, 0.25) is 0 Å². The summed E-state index contributed by atoms with van der Waals surface area (Å²) >= 11 is 0. The zero-order chi connectivity index (χ0) is 11.4. The van der Waals surface area contributed by atoms with Crippen LogP contribution in [0, 0.1) is 17.2 Å². The standard InChI is InChI=1S/C11H15N3O/c1-8(2)11(15)14(3)10-5-4-9(6-12)7-13-10/h4-5,7-8,11,15H,1-3H3. The molecular formula is C11H15N3O. The fraction of sp³-hybridized carbons (Fsp3) is 0.455. The van der Waals surface area contributed by atoms with Crippen LogP contribution in [0.3, 0.4) is 0 Å². The smallest absolute Gasteiger partial charge is 0.130 e. The first-order valence-corrected chi connectivity index (χ1v) is 4.83. The molecule has 0 aliphatic heterocycles. The van der Waals surface area contributed by atoms with E-state index in [4.69, 9.17) is 5.26 Å². The maximum atomic E-state index is 9.80. The highest BCUT2D eigenvalue weighted by molar-refractivity contribution is 5.41. The molecule has 0 aliphatic carbocycles. The molecule has 0 fully saturated rings. The first-order chi connectivity index (χ1) is 7.06. The van der Waals surface area contributed by atoms with Gasteiger partial charge in [0, 0.05) is 13.2 Å². The predicted molar refractivity (Wildman–Crippen MR) is 58.2 cm³/mol. The topological polar surface area (TPSA) is 60.1 Å². The summed E-state index contributed by atoms with van der Waals surface area (Å²) in [6.07, 6.45) is 0.934. The highest BCUT2D eigenvalue weighted by Gasteiger charge is 2.16. The lowest BCUT2D eigenvalue weighted by atomic mass is 10.2. The molecular weight excluding hydrogens is 190 g/mol. The third-order valence-electron chi connectivity index (χ3n) is 2.23. The summed E-state index contributed by atoms with van der Waals surface area (Å²) < 4.78 is 0. The Bertz CT molecular complexity index is 353. The first kappa shape index (κ1) is 11.5. The summed E-state index contributed by atoms with van der Waals surface area (Å²) in [6, 6.07) is 5.41. The summed E-state index contributed by atoms with van der Waals surface area (Å²) in [7, 11) is 1.78. The van der Waals surface area contributed by atoms with Gasteiger partial charge in [-0.1, -0.05) is 13.8 Å². The largest absolute Gasteiger partial charge is 0.373 e. The third-order valence-corrected chi connectivity index (χ3v) is 2.23. The molecule has 1 unspecified atom stereocenters. The molecule has 0 spiro atoms. The van der Waals surface area contributed by atoms with Crippen LogP contribution in [-0.2, 0) is 0 Å². The van der Waals surface area contributed by atoms with Crippen molar-refractivity contribution >= 4 is 5.82 Å². The minimum Gasteiger partial charge on any atom is -0.373 e. The van der Waals surface area contributed by atoms with Gasteiger partial charge in [0.15, 0.2) is 0 Å². The quantitative estimate of drug-likeness (QED) is 0.757. The Labute approximate surface area is 89.8 Å². The van der Waals surface area contributed by atoms with Crippen LogP contribution >= 0.6 is 0 Å². The minimum absolute atomic E-state index is 0.132.